The largest absolute Gasteiger partial charge is 0.497 e. The number of nitrogens with zero attached hydrogens (tertiary/aromatic N) is 2. The molecule has 0 saturated carbocycles. The standard InChI is InChI=1S/C25H35N3O5S/c1-7-26-25(30)19(4)27(16-20-11-10-12-21(15-20)33-5)24(29)17-28(34(6,31)32)23-14-9-8-13-22(23)18(2)3/h8-15,18-19H,7,16-17H2,1-6H3,(H,26,30)/t19-/m0/s1. The molecule has 0 unspecified atom stereocenters. The van der Waals surface area contributed by atoms with E-state index in [-0.39, 0.29) is 18.4 Å². The van der Waals surface area contributed by atoms with Crippen molar-refractivity contribution < 1.29 is 22.7 Å². The van der Waals surface area contributed by atoms with Crippen molar-refractivity contribution >= 4 is 27.5 Å². The molecule has 0 radical (unpaired) electrons. The molecule has 0 bridgehead atoms. The number of rotatable bonds is 11. The lowest BCUT2D eigenvalue weighted by atomic mass is 10.0. The van der Waals surface area contributed by atoms with E-state index in [4.69, 9.17) is 4.74 Å². The Morgan fingerprint density at radius 3 is 2.32 bits per heavy atom. The van der Waals surface area contributed by atoms with Crippen molar-refractivity contribution in [1.82, 2.24) is 10.2 Å². The zero-order valence-electron chi connectivity index (χ0n) is 20.7. The van der Waals surface area contributed by atoms with Crippen LogP contribution in [-0.4, -0.2) is 57.6 Å². The molecule has 0 aliphatic rings. The fourth-order valence-corrected chi connectivity index (χ4v) is 4.54. The third kappa shape index (κ3) is 6.96. The van der Waals surface area contributed by atoms with Gasteiger partial charge in [-0.1, -0.05) is 44.2 Å². The van der Waals surface area contributed by atoms with Crippen molar-refractivity contribution in [3.05, 3.63) is 59.7 Å². The van der Waals surface area contributed by atoms with Crippen LogP contribution in [0.15, 0.2) is 48.5 Å². The Labute approximate surface area is 202 Å². The molecule has 2 amide bonds. The number of amides is 2. The fraction of sp³-hybridized carbons (Fsp3) is 0.440. The number of hydrogen-bond donors (Lipinski definition) is 1. The average Bonchev–Trinajstić information content (AvgIpc) is 2.79. The van der Waals surface area contributed by atoms with Gasteiger partial charge in [0, 0.05) is 13.1 Å². The van der Waals surface area contributed by atoms with Gasteiger partial charge in [0.05, 0.1) is 19.1 Å². The molecule has 186 valence electrons. The molecule has 0 heterocycles. The van der Waals surface area contributed by atoms with Crippen LogP contribution >= 0.6 is 0 Å². The first-order valence-corrected chi connectivity index (χ1v) is 13.1. The van der Waals surface area contributed by atoms with Gasteiger partial charge in [-0.05, 0) is 49.1 Å². The summed E-state index contributed by atoms with van der Waals surface area (Å²) in [5.41, 5.74) is 2.04. The van der Waals surface area contributed by atoms with Gasteiger partial charge in [0.25, 0.3) is 0 Å². The Hall–Kier alpha value is -3.07. The minimum atomic E-state index is -3.78. The predicted molar refractivity (Wildman–Crippen MR) is 134 cm³/mol. The van der Waals surface area contributed by atoms with E-state index in [0.717, 1.165) is 21.7 Å². The maximum Gasteiger partial charge on any atom is 0.244 e. The number of methoxy groups -OCH3 is 1. The number of likely N-dealkylation sites (N-methyl/N-ethyl adjacent to an activating group) is 1. The van der Waals surface area contributed by atoms with E-state index in [2.05, 4.69) is 5.32 Å². The molecule has 1 N–H and O–H groups in total. The number of nitrogens with one attached hydrogen (secondary N) is 1. The van der Waals surface area contributed by atoms with E-state index < -0.39 is 28.5 Å². The van der Waals surface area contributed by atoms with Crippen LogP contribution < -0.4 is 14.4 Å². The summed E-state index contributed by atoms with van der Waals surface area (Å²) in [6.45, 7) is 7.49. The molecule has 0 spiro atoms. The normalized spacial score (nSPS) is 12.2. The summed E-state index contributed by atoms with van der Waals surface area (Å²) < 4.78 is 31.9. The van der Waals surface area contributed by atoms with E-state index in [9.17, 15) is 18.0 Å². The van der Waals surface area contributed by atoms with Crippen LogP contribution in [0, 0.1) is 0 Å². The maximum atomic E-state index is 13.6. The number of benzene rings is 2. The van der Waals surface area contributed by atoms with Gasteiger partial charge < -0.3 is 15.0 Å². The monoisotopic (exact) mass is 489 g/mol. The first-order chi connectivity index (χ1) is 16.0. The van der Waals surface area contributed by atoms with Crippen LogP contribution in [0.25, 0.3) is 0 Å². The Morgan fingerprint density at radius 1 is 1.06 bits per heavy atom. The lowest BCUT2D eigenvalue weighted by molar-refractivity contribution is -0.139. The van der Waals surface area contributed by atoms with Crippen molar-refractivity contribution in [3.63, 3.8) is 0 Å². The van der Waals surface area contributed by atoms with Gasteiger partial charge in [0.1, 0.15) is 18.3 Å². The Balaban J connectivity index is 2.46. The maximum absolute atomic E-state index is 13.6. The van der Waals surface area contributed by atoms with E-state index >= 15 is 0 Å². The van der Waals surface area contributed by atoms with Crippen molar-refractivity contribution in [2.24, 2.45) is 0 Å². The highest BCUT2D eigenvalue weighted by Gasteiger charge is 2.31. The van der Waals surface area contributed by atoms with Crippen LogP contribution in [0.1, 0.15) is 44.7 Å². The molecule has 2 rings (SSSR count). The first kappa shape index (κ1) is 27.2. The van der Waals surface area contributed by atoms with Gasteiger partial charge in [-0.3, -0.25) is 13.9 Å². The average molecular weight is 490 g/mol. The lowest BCUT2D eigenvalue weighted by Gasteiger charge is -2.32. The van der Waals surface area contributed by atoms with Crippen molar-refractivity contribution in [1.29, 1.82) is 0 Å². The van der Waals surface area contributed by atoms with Crippen molar-refractivity contribution in [2.75, 3.05) is 30.8 Å². The molecular weight excluding hydrogens is 454 g/mol. The number of ether oxygens (including phenoxy) is 1. The van der Waals surface area contributed by atoms with Gasteiger partial charge in [-0.2, -0.15) is 0 Å². The van der Waals surface area contributed by atoms with Crippen LogP contribution in [0.2, 0.25) is 0 Å². The summed E-state index contributed by atoms with van der Waals surface area (Å²) in [5, 5.41) is 2.74. The molecule has 0 aliphatic heterocycles. The highest BCUT2D eigenvalue weighted by atomic mass is 32.2. The number of para-hydroxylation sites is 1. The second-order valence-electron chi connectivity index (χ2n) is 8.43. The van der Waals surface area contributed by atoms with Crippen LogP contribution in [0.4, 0.5) is 5.69 Å². The number of anilines is 1. The summed E-state index contributed by atoms with van der Waals surface area (Å²) in [7, 11) is -2.23. The van der Waals surface area contributed by atoms with Gasteiger partial charge in [-0.15, -0.1) is 0 Å². The van der Waals surface area contributed by atoms with Crippen LogP contribution in [0.5, 0.6) is 5.75 Å². The van der Waals surface area contributed by atoms with E-state index in [0.29, 0.717) is 18.0 Å². The summed E-state index contributed by atoms with van der Waals surface area (Å²) in [6, 6.07) is 13.5. The molecule has 2 aromatic rings. The van der Waals surface area contributed by atoms with Crippen molar-refractivity contribution in [2.45, 2.75) is 46.2 Å². The number of carbonyl (C=O) groups excluding carboxylic acids is 2. The minimum Gasteiger partial charge on any atom is -0.497 e. The number of carbonyl (C=O) groups is 2. The van der Waals surface area contributed by atoms with E-state index in [1.807, 2.05) is 32.0 Å². The number of hydrogen-bond acceptors (Lipinski definition) is 5. The highest BCUT2D eigenvalue weighted by molar-refractivity contribution is 7.92. The predicted octanol–water partition coefficient (Wildman–Crippen LogP) is 3.14. The van der Waals surface area contributed by atoms with Crippen LogP contribution in [0.3, 0.4) is 0 Å². The molecule has 8 nitrogen and oxygen atoms in total. The second kappa shape index (κ2) is 11.9. The van der Waals surface area contributed by atoms with Gasteiger partial charge in [0.15, 0.2) is 0 Å². The third-order valence-electron chi connectivity index (χ3n) is 5.51. The first-order valence-electron chi connectivity index (χ1n) is 11.3. The molecule has 0 aliphatic carbocycles. The minimum absolute atomic E-state index is 0.0534. The SMILES string of the molecule is CCNC(=O)[C@H](C)N(Cc1cccc(OC)c1)C(=O)CN(c1ccccc1C(C)C)S(C)(=O)=O. The highest BCUT2D eigenvalue weighted by Crippen LogP contribution is 2.29. The van der Waals surface area contributed by atoms with Gasteiger partial charge in [-0.25, -0.2) is 8.42 Å². The summed E-state index contributed by atoms with van der Waals surface area (Å²) >= 11 is 0. The number of sulfonamides is 1. The molecule has 9 heteroatoms. The molecule has 2 aromatic carbocycles. The van der Waals surface area contributed by atoms with Gasteiger partial charge >= 0.3 is 0 Å². The van der Waals surface area contributed by atoms with E-state index in [1.54, 1.807) is 51.3 Å². The third-order valence-corrected chi connectivity index (χ3v) is 6.64. The Morgan fingerprint density at radius 2 is 1.74 bits per heavy atom. The van der Waals surface area contributed by atoms with Crippen LogP contribution in [-0.2, 0) is 26.2 Å². The fourth-order valence-electron chi connectivity index (χ4n) is 3.67. The molecule has 0 aromatic heterocycles. The second-order valence-corrected chi connectivity index (χ2v) is 10.3. The zero-order chi connectivity index (χ0) is 25.5. The topological polar surface area (TPSA) is 96.0 Å². The molecular formula is C25H35N3O5S. The lowest BCUT2D eigenvalue weighted by Crippen LogP contribution is -2.51. The summed E-state index contributed by atoms with van der Waals surface area (Å²) in [5.74, 6) is -0.116. The summed E-state index contributed by atoms with van der Waals surface area (Å²) in [6.07, 6.45) is 1.08. The smallest absolute Gasteiger partial charge is 0.244 e. The molecule has 0 fully saturated rings. The molecule has 34 heavy (non-hydrogen) atoms. The van der Waals surface area contributed by atoms with Crippen molar-refractivity contribution in [3.8, 4) is 5.75 Å². The quantitative estimate of drug-likeness (QED) is 0.523. The molecule has 0 saturated heterocycles. The molecule has 1 atom stereocenters. The zero-order valence-corrected chi connectivity index (χ0v) is 21.6. The Kier molecular flexibility index (Phi) is 9.49. The van der Waals surface area contributed by atoms with E-state index in [1.165, 1.54) is 4.90 Å². The Bertz CT molecular complexity index is 1100. The summed E-state index contributed by atoms with van der Waals surface area (Å²) in [4.78, 5) is 27.6. The van der Waals surface area contributed by atoms with Gasteiger partial charge in [0.2, 0.25) is 21.8 Å².